The maximum atomic E-state index is 12.1. The molecule has 1 aliphatic rings. The van der Waals surface area contributed by atoms with Gasteiger partial charge in [-0.15, -0.1) is 0 Å². The van der Waals surface area contributed by atoms with Crippen LogP contribution in [0, 0.1) is 6.92 Å². The van der Waals surface area contributed by atoms with Crippen LogP contribution in [0.3, 0.4) is 0 Å². The first kappa shape index (κ1) is 19.9. The smallest absolute Gasteiger partial charge is 0.244 e. The van der Waals surface area contributed by atoms with Gasteiger partial charge in [0.05, 0.1) is 18.2 Å². The molecule has 0 bridgehead atoms. The lowest BCUT2D eigenvalue weighted by atomic mass is 9.87. The largest absolute Gasteiger partial charge is 0.363 e. The summed E-state index contributed by atoms with van der Waals surface area (Å²) in [6, 6.07) is 14.1. The maximum absolute atomic E-state index is 12.1. The van der Waals surface area contributed by atoms with Crippen molar-refractivity contribution < 1.29 is 4.79 Å². The summed E-state index contributed by atoms with van der Waals surface area (Å²) in [7, 11) is 0. The number of fused-ring (bicyclic) bond motifs is 1. The zero-order valence-corrected chi connectivity index (χ0v) is 17.4. The second-order valence-corrected chi connectivity index (χ2v) is 7.91. The van der Waals surface area contributed by atoms with Crippen LogP contribution < -0.4 is 10.3 Å². The van der Waals surface area contributed by atoms with E-state index < -0.39 is 0 Å². The topological polar surface area (TPSA) is 44.7 Å². The Balaban J connectivity index is 1.78. The molecule has 0 aliphatic carbocycles. The predicted molar refractivity (Wildman–Crippen MR) is 118 cm³/mol. The SMILES string of the molecule is CCN1c2cc(C)c(/C=N\NC(=O)Cc3ccccc3)cc2C(C)=CC1(C)C. The Morgan fingerprint density at radius 3 is 2.57 bits per heavy atom. The molecule has 1 aliphatic heterocycles. The van der Waals surface area contributed by atoms with E-state index in [1.165, 1.54) is 16.8 Å². The lowest BCUT2D eigenvalue weighted by Gasteiger charge is -2.43. The average molecular weight is 376 g/mol. The number of amides is 1. The van der Waals surface area contributed by atoms with Crippen LogP contribution >= 0.6 is 0 Å². The molecule has 0 spiro atoms. The van der Waals surface area contributed by atoms with E-state index in [0.29, 0.717) is 6.42 Å². The maximum Gasteiger partial charge on any atom is 0.244 e. The van der Waals surface area contributed by atoms with Crippen molar-refractivity contribution >= 4 is 23.4 Å². The van der Waals surface area contributed by atoms with Crippen molar-refractivity contribution in [1.29, 1.82) is 0 Å². The van der Waals surface area contributed by atoms with Crippen molar-refractivity contribution in [3.63, 3.8) is 0 Å². The summed E-state index contributed by atoms with van der Waals surface area (Å²) in [5.41, 5.74) is 9.53. The molecule has 0 unspecified atom stereocenters. The molecular formula is C24H29N3O. The van der Waals surface area contributed by atoms with Gasteiger partial charge in [-0.2, -0.15) is 5.10 Å². The highest BCUT2D eigenvalue weighted by molar-refractivity contribution is 5.90. The van der Waals surface area contributed by atoms with Crippen molar-refractivity contribution in [3.8, 4) is 0 Å². The first-order chi connectivity index (χ1) is 13.3. The number of nitrogens with zero attached hydrogens (tertiary/aromatic N) is 2. The van der Waals surface area contributed by atoms with Crippen LogP contribution in [0.15, 0.2) is 53.6 Å². The van der Waals surface area contributed by atoms with Crippen molar-refractivity contribution in [1.82, 2.24) is 5.43 Å². The molecule has 0 aromatic heterocycles. The Bertz CT molecular complexity index is 926. The summed E-state index contributed by atoms with van der Waals surface area (Å²) in [4.78, 5) is 14.5. The lowest BCUT2D eigenvalue weighted by Crippen LogP contribution is -2.45. The van der Waals surface area contributed by atoms with Gasteiger partial charge < -0.3 is 4.90 Å². The molecule has 2 aromatic carbocycles. The normalized spacial score (nSPS) is 15.3. The van der Waals surface area contributed by atoms with Crippen LogP contribution in [0.1, 0.15) is 49.9 Å². The number of rotatable bonds is 5. The summed E-state index contributed by atoms with van der Waals surface area (Å²) in [5.74, 6) is -0.118. The number of anilines is 1. The number of nitrogens with one attached hydrogen (secondary N) is 1. The van der Waals surface area contributed by atoms with Gasteiger partial charge in [-0.1, -0.05) is 36.4 Å². The van der Waals surface area contributed by atoms with Gasteiger partial charge in [0.15, 0.2) is 0 Å². The van der Waals surface area contributed by atoms with Crippen molar-refractivity contribution in [3.05, 3.63) is 70.8 Å². The number of hydrazone groups is 1. The van der Waals surface area contributed by atoms with Gasteiger partial charge in [0.25, 0.3) is 0 Å². The number of allylic oxidation sites excluding steroid dienone is 1. The standard InChI is InChI=1S/C24H29N3O/c1-6-27-22-12-17(2)20(14-21(22)18(3)15-24(27,4)5)16-25-26-23(28)13-19-10-8-7-9-11-19/h7-12,14-16H,6,13H2,1-5H3,(H,26,28)/b25-16-. The van der Waals surface area contributed by atoms with Gasteiger partial charge in [0, 0.05) is 17.8 Å². The fourth-order valence-electron chi connectivity index (χ4n) is 3.96. The van der Waals surface area contributed by atoms with Gasteiger partial charge in [-0.05, 0) is 69.0 Å². The fourth-order valence-corrected chi connectivity index (χ4v) is 3.96. The van der Waals surface area contributed by atoms with E-state index in [4.69, 9.17) is 0 Å². The minimum absolute atomic E-state index is 0.000702. The summed E-state index contributed by atoms with van der Waals surface area (Å²) in [6.07, 6.45) is 4.38. The molecule has 3 rings (SSSR count). The Labute approximate surface area is 168 Å². The van der Waals surface area contributed by atoms with Crippen LogP contribution in [0.2, 0.25) is 0 Å². The number of hydrogen-bond donors (Lipinski definition) is 1. The number of likely N-dealkylation sites (N-methyl/N-ethyl adjacent to an activating group) is 1. The Kier molecular flexibility index (Phi) is 5.68. The quantitative estimate of drug-likeness (QED) is 0.608. The second kappa shape index (κ2) is 8.01. The molecule has 0 saturated carbocycles. The van der Waals surface area contributed by atoms with Crippen molar-refractivity contribution in [2.45, 2.75) is 46.6 Å². The predicted octanol–water partition coefficient (Wildman–Crippen LogP) is 4.71. The number of aryl methyl sites for hydroxylation is 1. The van der Waals surface area contributed by atoms with E-state index in [9.17, 15) is 4.79 Å². The van der Waals surface area contributed by atoms with Crippen LogP contribution in [0.25, 0.3) is 5.57 Å². The summed E-state index contributed by atoms with van der Waals surface area (Å²) in [6.45, 7) is 11.9. The molecule has 146 valence electrons. The van der Waals surface area contributed by atoms with Gasteiger partial charge in [0.2, 0.25) is 5.91 Å². The summed E-state index contributed by atoms with van der Waals surface area (Å²) < 4.78 is 0. The fraction of sp³-hybridized carbons (Fsp3) is 0.333. The molecule has 1 amide bonds. The van der Waals surface area contributed by atoms with Gasteiger partial charge in [0.1, 0.15) is 0 Å². The van der Waals surface area contributed by atoms with Gasteiger partial charge >= 0.3 is 0 Å². The third-order valence-electron chi connectivity index (χ3n) is 5.28. The Hall–Kier alpha value is -2.88. The molecule has 2 aromatic rings. The zero-order valence-electron chi connectivity index (χ0n) is 17.4. The third kappa shape index (κ3) is 4.16. The molecule has 4 heteroatoms. The Morgan fingerprint density at radius 1 is 1.18 bits per heavy atom. The molecule has 0 atom stereocenters. The second-order valence-electron chi connectivity index (χ2n) is 7.91. The molecule has 0 saturated heterocycles. The number of benzene rings is 2. The summed E-state index contributed by atoms with van der Waals surface area (Å²) >= 11 is 0. The first-order valence-electron chi connectivity index (χ1n) is 9.79. The van der Waals surface area contributed by atoms with Crippen LogP contribution in [-0.2, 0) is 11.2 Å². The average Bonchev–Trinajstić information content (AvgIpc) is 2.63. The van der Waals surface area contributed by atoms with Crippen LogP contribution in [0.5, 0.6) is 0 Å². The highest BCUT2D eigenvalue weighted by Crippen LogP contribution is 2.39. The molecule has 1 heterocycles. The highest BCUT2D eigenvalue weighted by Gasteiger charge is 2.30. The van der Waals surface area contributed by atoms with Gasteiger partial charge in [-0.3, -0.25) is 4.79 Å². The number of carbonyl (C=O) groups excluding carboxylic acids is 1. The molecular weight excluding hydrogens is 346 g/mol. The van der Waals surface area contributed by atoms with Crippen molar-refractivity contribution in [2.24, 2.45) is 5.10 Å². The number of carbonyl (C=O) groups is 1. The zero-order chi connectivity index (χ0) is 20.3. The van der Waals surface area contributed by atoms with Gasteiger partial charge in [-0.25, -0.2) is 5.43 Å². The van der Waals surface area contributed by atoms with E-state index >= 15 is 0 Å². The first-order valence-corrected chi connectivity index (χ1v) is 9.79. The van der Waals surface area contributed by atoms with Crippen LogP contribution in [-0.4, -0.2) is 24.2 Å². The molecule has 1 N–H and O–H groups in total. The third-order valence-corrected chi connectivity index (χ3v) is 5.28. The molecule has 4 nitrogen and oxygen atoms in total. The summed E-state index contributed by atoms with van der Waals surface area (Å²) in [5, 5.41) is 4.18. The molecule has 28 heavy (non-hydrogen) atoms. The lowest BCUT2D eigenvalue weighted by molar-refractivity contribution is -0.120. The minimum atomic E-state index is -0.118. The minimum Gasteiger partial charge on any atom is -0.363 e. The van der Waals surface area contributed by atoms with E-state index in [1.807, 2.05) is 30.3 Å². The van der Waals surface area contributed by atoms with E-state index in [0.717, 1.165) is 23.2 Å². The van der Waals surface area contributed by atoms with E-state index in [-0.39, 0.29) is 11.4 Å². The van der Waals surface area contributed by atoms with E-state index in [1.54, 1.807) is 6.21 Å². The highest BCUT2D eigenvalue weighted by atomic mass is 16.2. The van der Waals surface area contributed by atoms with E-state index in [2.05, 4.69) is 68.3 Å². The van der Waals surface area contributed by atoms with Crippen molar-refractivity contribution in [2.75, 3.05) is 11.4 Å². The molecule has 0 fully saturated rings. The number of hydrogen-bond acceptors (Lipinski definition) is 3. The molecule has 0 radical (unpaired) electrons. The Morgan fingerprint density at radius 2 is 1.89 bits per heavy atom. The van der Waals surface area contributed by atoms with Crippen LogP contribution in [0.4, 0.5) is 5.69 Å². The monoisotopic (exact) mass is 375 g/mol.